The Labute approximate surface area is 107 Å². The van der Waals surface area contributed by atoms with Crippen molar-refractivity contribution in [3.63, 3.8) is 0 Å². The minimum absolute atomic E-state index is 0.0886. The van der Waals surface area contributed by atoms with Crippen molar-refractivity contribution in [2.45, 2.75) is 26.7 Å². The summed E-state index contributed by atoms with van der Waals surface area (Å²) in [4.78, 5) is 21.4. The maximum absolute atomic E-state index is 11.5. The van der Waals surface area contributed by atoms with E-state index in [2.05, 4.69) is 4.74 Å². The summed E-state index contributed by atoms with van der Waals surface area (Å²) in [5.74, 6) is 0.999. The van der Waals surface area contributed by atoms with Crippen LogP contribution in [0.2, 0.25) is 0 Å². The number of ketones is 1. The highest BCUT2D eigenvalue weighted by Crippen LogP contribution is 2.14. The van der Waals surface area contributed by atoms with Crippen LogP contribution in [0.25, 0.3) is 0 Å². The van der Waals surface area contributed by atoms with Crippen LogP contribution in [-0.4, -0.2) is 19.0 Å². The number of hydrogen-bond acceptors (Lipinski definition) is 4. The third kappa shape index (κ3) is 4.99. The van der Waals surface area contributed by atoms with Crippen molar-refractivity contribution < 1.29 is 19.1 Å². The van der Waals surface area contributed by atoms with Crippen molar-refractivity contribution in [2.24, 2.45) is 5.92 Å². The Morgan fingerprint density at radius 1 is 1.28 bits per heavy atom. The predicted molar refractivity (Wildman–Crippen MR) is 67.3 cm³/mol. The Morgan fingerprint density at radius 3 is 2.50 bits per heavy atom. The maximum atomic E-state index is 11.5. The largest absolute Gasteiger partial charge is 0.457 e. The molecule has 0 radical (unpaired) electrons. The molecule has 0 aromatic heterocycles. The smallest absolute Gasteiger partial charge is 0.295 e. The molecular formula is C14H18O4. The Balaban J connectivity index is 2.40. The molecule has 0 N–H and O–H groups in total. The fraction of sp³-hybridized carbons (Fsp3) is 0.429. The average Bonchev–Trinajstić information content (AvgIpc) is 2.37. The zero-order chi connectivity index (χ0) is 13.4. The highest BCUT2D eigenvalue weighted by atomic mass is 16.7. The zero-order valence-corrected chi connectivity index (χ0v) is 10.7. The molecule has 0 bridgehead atoms. The summed E-state index contributed by atoms with van der Waals surface area (Å²) in [6, 6.07) is 7.40. The van der Waals surface area contributed by atoms with Crippen molar-refractivity contribution in [3.8, 4) is 5.75 Å². The van der Waals surface area contributed by atoms with Crippen molar-refractivity contribution in [3.05, 3.63) is 29.8 Å². The molecule has 0 saturated carbocycles. The van der Waals surface area contributed by atoms with E-state index >= 15 is 0 Å². The van der Waals surface area contributed by atoms with Gasteiger partial charge in [-0.25, -0.2) is 0 Å². The van der Waals surface area contributed by atoms with Crippen LogP contribution in [-0.2, 0) is 20.7 Å². The summed E-state index contributed by atoms with van der Waals surface area (Å²) < 4.78 is 9.57. The van der Waals surface area contributed by atoms with E-state index in [4.69, 9.17) is 4.74 Å². The summed E-state index contributed by atoms with van der Waals surface area (Å²) in [5, 5.41) is 0. The minimum Gasteiger partial charge on any atom is -0.457 e. The van der Waals surface area contributed by atoms with Crippen LogP contribution >= 0.6 is 0 Å². The molecule has 18 heavy (non-hydrogen) atoms. The van der Waals surface area contributed by atoms with Gasteiger partial charge < -0.3 is 9.47 Å². The second-order valence-corrected chi connectivity index (χ2v) is 4.29. The van der Waals surface area contributed by atoms with Gasteiger partial charge in [0.05, 0.1) is 0 Å². The van der Waals surface area contributed by atoms with Crippen LogP contribution in [0.5, 0.6) is 5.75 Å². The highest BCUT2D eigenvalue weighted by molar-refractivity contribution is 5.80. The van der Waals surface area contributed by atoms with Gasteiger partial charge in [0.1, 0.15) is 11.5 Å². The van der Waals surface area contributed by atoms with Gasteiger partial charge in [0, 0.05) is 12.3 Å². The van der Waals surface area contributed by atoms with Crippen LogP contribution < -0.4 is 4.74 Å². The SMILES string of the molecule is CC(C)C(=O)CCc1ccc(OCOC=O)cc1. The van der Waals surface area contributed by atoms with Crippen molar-refractivity contribution >= 4 is 12.3 Å². The summed E-state index contributed by atoms with van der Waals surface area (Å²) in [6.45, 7) is 4.07. The van der Waals surface area contributed by atoms with Gasteiger partial charge in [-0.15, -0.1) is 0 Å². The number of benzene rings is 1. The van der Waals surface area contributed by atoms with E-state index in [1.165, 1.54) is 0 Å². The summed E-state index contributed by atoms with van der Waals surface area (Å²) >= 11 is 0. The summed E-state index contributed by atoms with van der Waals surface area (Å²) in [5.41, 5.74) is 1.09. The van der Waals surface area contributed by atoms with E-state index in [1.807, 2.05) is 26.0 Å². The van der Waals surface area contributed by atoms with E-state index in [-0.39, 0.29) is 18.5 Å². The molecule has 4 heteroatoms. The molecule has 0 aliphatic rings. The quantitative estimate of drug-likeness (QED) is 0.404. The molecule has 1 rings (SSSR count). The number of hydrogen-bond donors (Lipinski definition) is 0. The predicted octanol–water partition coefficient (Wildman–Crippen LogP) is 2.35. The van der Waals surface area contributed by atoms with Gasteiger partial charge in [0.15, 0.2) is 0 Å². The molecule has 0 fully saturated rings. The highest BCUT2D eigenvalue weighted by Gasteiger charge is 2.07. The lowest BCUT2D eigenvalue weighted by molar-refractivity contribution is -0.134. The first kappa shape index (κ1) is 14.2. The molecule has 0 aliphatic heterocycles. The van der Waals surface area contributed by atoms with Crippen molar-refractivity contribution in [2.75, 3.05) is 6.79 Å². The van der Waals surface area contributed by atoms with E-state index in [1.54, 1.807) is 12.1 Å². The Kier molecular flexibility index (Phi) is 5.91. The summed E-state index contributed by atoms with van der Waals surface area (Å²) in [7, 11) is 0. The maximum Gasteiger partial charge on any atom is 0.295 e. The lowest BCUT2D eigenvalue weighted by Gasteiger charge is -2.06. The molecule has 0 saturated heterocycles. The third-order valence-corrected chi connectivity index (χ3v) is 2.59. The second-order valence-electron chi connectivity index (χ2n) is 4.29. The fourth-order valence-electron chi connectivity index (χ4n) is 1.44. The first-order chi connectivity index (χ1) is 8.63. The molecule has 0 aliphatic carbocycles. The fourth-order valence-corrected chi connectivity index (χ4v) is 1.44. The van der Waals surface area contributed by atoms with E-state index in [0.29, 0.717) is 18.6 Å². The lowest BCUT2D eigenvalue weighted by atomic mass is 10.0. The van der Waals surface area contributed by atoms with Crippen molar-refractivity contribution in [1.29, 1.82) is 0 Å². The van der Waals surface area contributed by atoms with E-state index in [0.717, 1.165) is 12.0 Å². The van der Waals surface area contributed by atoms with Crippen LogP contribution in [0.1, 0.15) is 25.8 Å². The number of aryl methyl sites for hydroxylation is 1. The van der Waals surface area contributed by atoms with Crippen LogP contribution in [0.3, 0.4) is 0 Å². The second kappa shape index (κ2) is 7.48. The normalized spacial score (nSPS) is 10.2. The molecule has 98 valence electrons. The number of carbonyl (C=O) groups excluding carboxylic acids is 2. The zero-order valence-electron chi connectivity index (χ0n) is 10.7. The molecule has 1 aromatic carbocycles. The molecule has 0 unspecified atom stereocenters. The number of Topliss-reactive ketones (excluding diaryl/α,β-unsaturated/α-hetero) is 1. The molecule has 0 atom stereocenters. The topological polar surface area (TPSA) is 52.6 Å². The van der Waals surface area contributed by atoms with Crippen molar-refractivity contribution in [1.82, 2.24) is 0 Å². The van der Waals surface area contributed by atoms with Crippen LogP contribution in [0.4, 0.5) is 0 Å². The van der Waals surface area contributed by atoms with E-state index in [9.17, 15) is 9.59 Å². The molecule has 4 nitrogen and oxygen atoms in total. The average molecular weight is 250 g/mol. The molecular weight excluding hydrogens is 232 g/mol. The van der Waals surface area contributed by atoms with Crippen LogP contribution in [0, 0.1) is 5.92 Å². The number of carbonyl (C=O) groups is 2. The van der Waals surface area contributed by atoms with Gasteiger partial charge in [-0.05, 0) is 24.1 Å². The molecule has 0 amide bonds. The van der Waals surface area contributed by atoms with Gasteiger partial charge in [0.25, 0.3) is 6.47 Å². The van der Waals surface area contributed by atoms with Crippen LogP contribution in [0.15, 0.2) is 24.3 Å². The summed E-state index contributed by atoms with van der Waals surface area (Å²) in [6.07, 6.45) is 1.30. The Hall–Kier alpha value is -1.84. The monoisotopic (exact) mass is 250 g/mol. The standard InChI is InChI=1S/C14H18O4/c1-11(2)14(16)8-5-12-3-6-13(7-4-12)18-10-17-9-15/h3-4,6-7,9,11H,5,8,10H2,1-2H3. The number of rotatable bonds is 8. The minimum atomic E-state index is -0.0886. The van der Waals surface area contributed by atoms with Gasteiger partial charge in [0.2, 0.25) is 6.79 Å². The molecule has 0 spiro atoms. The van der Waals surface area contributed by atoms with E-state index < -0.39 is 0 Å². The lowest BCUT2D eigenvalue weighted by Crippen LogP contribution is -2.07. The third-order valence-electron chi connectivity index (χ3n) is 2.59. The molecule has 1 aromatic rings. The van der Waals surface area contributed by atoms with Gasteiger partial charge in [-0.3, -0.25) is 9.59 Å². The number of ether oxygens (including phenoxy) is 2. The first-order valence-corrected chi connectivity index (χ1v) is 5.93. The van der Waals surface area contributed by atoms with Gasteiger partial charge in [-0.1, -0.05) is 26.0 Å². The molecule has 0 heterocycles. The van der Waals surface area contributed by atoms with Gasteiger partial charge >= 0.3 is 0 Å². The first-order valence-electron chi connectivity index (χ1n) is 5.93. The van der Waals surface area contributed by atoms with Gasteiger partial charge in [-0.2, -0.15) is 0 Å². The Morgan fingerprint density at radius 2 is 1.94 bits per heavy atom. The Bertz CT molecular complexity index is 381.